The van der Waals surface area contributed by atoms with Gasteiger partial charge in [0.05, 0.1) is 6.04 Å². The predicted octanol–water partition coefficient (Wildman–Crippen LogP) is 7.04. The number of carbonyl (C=O) groups excluding carboxylic acids is 1. The van der Waals surface area contributed by atoms with Crippen molar-refractivity contribution in [2.24, 2.45) is 0 Å². The van der Waals surface area contributed by atoms with Crippen LogP contribution in [0.25, 0.3) is 22.6 Å². The average Bonchev–Trinajstić information content (AvgIpc) is 3.49. The summed E-state index contributed by atoms with van der Waals surface area (Å²) in [5.41, 5.74) is 7.02. The van der Waals surface area contributed by atoms with Crippen molar-refractivity contribution in [3.63, 3.8) is 0 Å². The van der Waals surface area contributed by atoms with Crippen molar-refractivity contribution < 1.29 is 4.79 Å². The second kappa shape index (κ2) is 8.53. The number of benzene rings is 4. The lowest BCUT2D eigenvalue weighted by Crippen LogP contribution is -2.32. The summed E-state index contributed by atoms with van der Waals surface area (Å²) < 4.78 is 0. The number of para-hydroxylation sites is 2. The number of amides is 1. The van der Waals surface area contributed by atoms with Crippen molar-refractivity contribution >= 4 is 34.1 Å². The Morgan fingerprint density at radius 2 is 1.47 bits per heavy atom. The number of anilines is 1. The molecule has 3 heteroatoms. The maximum atomic E-state index is 14.4. The molecule has 5 aromatic rings. The van der Waals surface area contributed by atoms with Gasteiger partial charge in [0.2, 0.25) is 0 Å². The van der Waals surface area contributed by atoms with Crippen LogP contribution < -0.4 is 4.90 Å². The first-order chi connectivity index (χ1) is 16.8. The first-order valence-electron chi connectivity index (χ1n) is 11.6. The SMILES string of the molecule is O=C(/C(=C/c1ccccc1)c1ccccc1)N1c2ccccc2CC1c1c[nH]c2ccccc12. The standard InChI is InChI=1S/C31H24N2O/c34-31(26(23-13-5-2-6-14-23)19-22-11-3-1-4-12-22)33-29-18-10-7-15-24(29)20-30(33)27-21-32-28-17-9-8-16-25(27)28/h1-19,21,30,32H,20H2/b26-19+. The third-order valence-corrected chi connectivity index (χ3v) is 6.60. The minimum absolute atomic E-state index is 0.00952. The molecule has 1 amide bonds. The van der Waals surface area contributed by atoms with Crippen LogP contribution in [0.3, 0.4) is 0 Å². The van der Waals surface area contributed by atoms with E-state index in [-0.39, 0.29) is 11.9 Å². The summed E-state index contributed by atoms with van der Waals surface area (Å²) in [4.78, 5) is 19.8. The number of aromatic nitrogens is 1. The molecule has 1 aromatic heterocycles. The van der Waals surface area contributed by atoms with E-state index in [1.54, 1.807) is 0 Å². The van der Waals surface area contributed by atoms with Crippen molar-refractivity contribution in [2.75, 3.05) is 4.90 Å². The van der Waals surface area contributed by atoms with Gasteiger partial charge in [-0.25, -0.2) is 0 Å². The van der Waals surface area contributed by atoms with Crippen LogP contribution in [0.15, 0.2) is 115 Å². The van der Waals surface area contributed by atoms with Crippen molar-refractivity contribution in [3.8, 4) is 0 Å². The highest BCUT2D eigenvalue weighted by Gasteiger charge is 2.37. The zero-order chi connectivity index (χ0) is 22.9. The van der Waals surface area contributed by atoms with Gasteiger partial charge in [0, 0.05) is 33.9 Å². The summed E-state index contributed by atoms with van der Waals surface area (Å²) in [5.74, 6) is 0.00952. The Morgan fingerprint density at radius 3 is 2.29 bits per heavy atom. The summed E-state index contributed by atoms with van der Waals surface area (Å²) in [5, 5.41) is 1.16. The van der Waals surface area contributed by atoms with E-state index in [1.165, 1.54) is 5.56 Å². The highest BCUT2D eigenvalue weighted by atomic mass is 16.2. The van der Waals surface area contributed by atoms with E-state index < -0.39 is 0 Å². The van der Waals surface area contributed by atoms with Crippen molar-refractivity contribution in [1.29, 1.82) is 0 Å². The Bertz CT molecular complexity index is 1500. The molecule has 0 bridgehead atoms. The largest absolute Gasteiger partial charge is 0.361 e. The molecule has 2 heterocycles. The lowest BCUT2D eigenvalue weighted by Gasteiger charge is -2.27. The summed E-state index contributed by atoms with van der Waals surface area (Å²) >= 11 is 0. The van der Waals surface area contributed by atoms with Gasteiger partial charge in [-0.15, -0.1) is 0 Å². The van der Waals surface area contributed by atoms with Crippen LogP contribution >= 0.6 is 0 Å². The molecule has 1 atom stereocenters. The van der Waals surface area contributed by atoms with Crippen LogP contribution in [0, 0.1) is 0 Å². The van der Waals surface area contributed by atoms with Gasteiger partial charge in [-0.2, -0.15) is 0 Å². The number of hydrogen-bond donors (Lipinski definition) is 1. The summed E-state index contributed by atoms with van der Waals surface area (Å²) in [6.45, 7) is 0. The van der Waals surface area contributed by atoms with Crippen LogP contribution in [-0.4, -0.2) is 10.9 Å². The van der Waals surface area contributed by atoms with Crippen LogP contribution in [-0.2, 0) is 11.2 Å². The molecule has 1 unspecified atom stereocenters. The van der Waals surface area contributed by atoms with Gasteiger partial charge >= 0.3 is 0 Å². The number of carbonyl (C=O) groups is 1. The molecule has 1 N–H and O–H groups in total. The monoisotopic (exact) mass is 440 g/mol. The molecule has 164 valence electrons. The highest BCUT2D eigenvalue weighted by Crippen LogP contribution is 2.44. The second-order valence-corrected chi connectivity index (χ2v) is 8.65. The molecule has 0 saturated carbocycles. The molecule has 1 aliphatic heterocycles. The molecule has 1 aliphatic rings. The number of H-pyrrole nitrogens is 1. The van der Waals surface area contributed by atoms with Gasteiger partial charge in [-0.05, 0) is 41.3 Å². The van der Waals surface area contributed by atoms with Gasteiger partial charge in [0.15, 0.2) is 0 Å². The molecular formula is C31H24N2O. The van der Waals surface area contributed by atoms with Gasteiger partial charge in [-0.1, -0.05) is 97.1 Å². The van der Waals surface area contributed by atoms with E-state index in [0.717, 1.165) is 39.7 Å². The average molecular weight is 441 g/mol. The van der Waals surface area contributed by atoms with E-state index >= 15 is 0 Å². The zero-order valence-electron chi connectivity index (χ0n) is 18.7. The summed E-state index contributed by atoms with van der Waals surface area (Å²) in [7, 11) is 0. The maximum absolute atomic E-state index is 14.4. The molecule has 6 rings (SSSR count). The quantitative estimate of drug-likeness (QED) is 0.236. The smallest absolute Gasteiger partial charge is 0.259 e. The Labute approximate surface area is 199 Å². The Balaban J connectivity index is 1.51. The van der Waals surface area contributed by atoms with Crippen LogP contribution in [0.1, 0.15) is 28.3 Å². The third kappa shape index (κ3) is 3.52. The zero-order valence-corrected chi connectivity index (χ0v) is 18.7. The third-order valence-electron chi connectivity index (χ3n) is 6.60. The van der Waals surface area contributed by atoms with E-state index in [2.05, 4.69) is 47.6 Å². The molecule has 0 aliphatic carbocycles. The molecule has 4 aromatic carbocycles. The highest BCUT2D eigenvalue weighted by molar-refractivity contribution is 6.30. The molecule has 0 fully saturated rings. The van der Waals surface area contributed by atoms with Crippen molar-refractivity contribution in [1.82, 2.24) is 4.98 Å². The molecule has 3 nitrogen and oxygen atoms in total. The van der Waals surface area contributed by atoms with Gasteiger partial charge in [0.1, 0.15) is 0 Å². The molecule has 0 saturated heterocycles. The summed E-state index contributed by atoms with van der Waals surface area (Å²) in [6, 6.07) is 36.5. The van der Waals surface area contributed by atoms with E-state index in [9.17, 15) is 4.79 Å². The minimum atomic E-state index is -0.0797. The van der Waals surface area contributed by atoms with Crippen LogP contribution in [0.4, 0.5) is 5.69 Å². The Kier molecular flexibility index (Phi) is 5.08. The number of nitrogens with zero attached hydrogens (tertiary/aromatic N) is 1. The van der Waals surface area contributed by atoms with Gasteiger partial charge in [0.25, 0.3) is 5.91 Å². The molecular weight excluding hydrogens is 416 g/mol. The van der Waals surface area contributed by atoms with E-state index in [0.29, 0.717) is 5.57 Å². The molecule has 0 radical (unpaired) electrons. The molecule has 34 heavy (non-hydrogen) atoms. The Morgan fingerprint density at radius 1 is 0.794 bits per heavy atom. The fourth-order valence-electron chi connectivity index (χ4n) is 4.99. The lowest BCUT2D eigenvalue weighted by molar-refractivity contribution is -0.113. The van der Waals surface area contributed by atoms with E-state index in [4.69, 9.17) is 0 Å². The van der Waals surface area contributed by atoms with Gasteiger partial charge in [-0.3, -0.25) is 4.79 Å². The minimum Gasteiger partial charge on any atom is -0.361 e. The maximum Gasteiger partial charge on any atom is 0.259 e. The lowest BCUT2D eigenvalue weighted by atomic mass is 9.98. The Hall–Kier alpha value is -4.37. The number of aromatic amines is 1. The van der Waals surface area contributed by atoms with Crippen LogP contribution in [0.5, 0.6) is 0 Å². The van der Waals surface area contributed by atoms with E-state index in [1.807, 2.05) is 83.8 Å². The molecule has 0 spiro atoms. The first-order valence-corrected chi connectivity index (χ1v) is 11.6. The fraction of sp³-hybridized carbons (Fsp3) is 0.0645. The number of hydrogen-bond acceptors (Lipinski definition) is 1. The van der Waals surface area contributed by atoms with Gasteiger partial charge < -0.3 is 9.88 Å². The van der Waals surface area contributed by atoms with Crippen LogP contribution in [0.2, 0.25) is 0 Å². The normalized spacial score (nSPS) is 15.5. The number of rotatable bonds is 4. The topological polar surface area (TPSA) is 36.1 Å². The summed E-state index contributed by atoms with van der Waals surface area (Å²) in [6.07, 6.45) is 4.85. The van der Waals surface area contributed by atoms with Crippen molar-refractivity contribution in [2.45, 2.75) is 12.5 Å². The first kappa shape index (κ1) is 20.3. The predicted molar refractivity (Wildman–Crippen MR) is 139 cm³/mol. The fourth-order valence-corrected chi connectivity index (χ4v) is 4.99. The van der Waals surface area contributed by atoms with Crippen molar-refractivity contribution in [3.05, 3.63) is 138 Å². The second-order valence-electron chi connectivity index (χ2n) is 8.65. The number of fused-ring (bicyclic) bond motifs is 2. The number of nitrogens with one attached hydrogen (secondary N) is 1.